The minimum Gasteiger partial charge on any atom is -0.455 e. The van der Waals surface area contributed by atoms with E-state index in [4.69, 9.17) is 18.2 Å². The molecule has 13 aromatic heterocycles. The first kappa shape index (κ1) is 82.7. The predicted octanol–water partition coefficient (Wildman–Crippen LogP) is 35.7. The van der Waals surface area contributed by atoms with Gasteiger partial charge in [0.1, 0.15) is 33.5 Å². The van der Waals surface area contributed by atoms with Gasteiger partial charge >= 0.3 is 0 Å². The number of pyridine rings is 4. The molecule has 0 saturated carbocycles. The van der Waals surface area contributed by atoms with Gasteiger partial charge in [0.15, 0.2) is 5.65 Å². The number of fused-ring (bicyclic) bond motifs is 30. The highest BCUT2D eigenvalue weighted by atomic mass is 16.3. The summed E-state index contributed by atoms with van der Waals surface area (Å²) in [5.74, 6) is 0. The van der Waals surface area contributed by atoms with E-state index >= 15 is 0 Å². The van der Waals surface area contributed by atoms with Crippen LogP contribution in [0.2, 0.25) is 0 Å². The van der Waals surface area contributed by atoms with Crippen LogP contribution in [0.3, 0.4) is 0 Å². The average molecular weight is 1890 g/mol. The van der Waals surface area contributed by atoms with Gasteiger partial charge in [0.05, 0.1) is 106 Å². The van der Waals surface area contributed by atoms with Crippen LogP contribution in [0.25, 0.3) is 297 Å². The molecule has 0 atom stereocenters. The Balaban J connectivity index is 0.000000100. The van der Waals surface area contributed by atoms with Crippen molar-refractivity contribution in [1.82, 2.24) is 47.3 Å². The molecule has 0 N–H and O–H groups in total. The van der Waals surface area contributed by atoms with Gasteiger partial charge in [-0.3, -0.25) is 9.97 Å². The summed E-state index contributed by atoms with van der Waals surface area (Å²) < 4.78 is 34.8. The highest BCUT2D eigenvalue weighted by molar-refractivity contribution is 6.23. The molecule has 0 amide bonds. The molecular formula is C135H82N10O3. The Hall–Kier alpha value is -20.0. The lowest BCUT2D eigenvalue weighted by Gasteiger charge is -2.16. The minimum absolute atomic E-state index is 0.748. The molecule has 0 fully saturated rings. The van der Waals surface area contributed by atoms with Gasteiger partial charge < -0.3 is 40.7 Å². The Labute approximate surface area is 844 Å². The fourth-order valence-corrected chi connectivity index (χ4v) is 24.4. The van der Waals surface area contributed by atoms with E-state index in [1.54, 1.807) is 0 Å². The zero-order valence-electron chi connectivity index (χ0n) is 79.8. The van der Waals surface area contributed by atoms with Crippen molar-refractivity contribution >= 4 is 229 Å². The summed E-state index contributed by atoms with van der Waals surface area (Å²) in [7, 11) is 0. The van der Waals surface area contributed by atoms with Gasteiger partial charge in [-0.25, -0.2) is 9.97 Å². The van der Waals surface area contributed by atoms with Gasteiger partial charge in [-0.2, -0.15) is 0 Å². The fourth-order valence-electron chi connectivity index (χ4n) is 24.4. The zero-order valence-corrected chi connectivity index (χ0v) is 79.8. The molecule has 0 aliphatic rings. The van der Waals surface area contributed by atoms with Crippen LogP contribution in [-0.2, 0) is 0 Å². The van der Waals surface area contributed by atoms with E-state index in [9.17, 15) is 0 Å². The molecule has 0 spiro atoms. The third-order valence-corrected chi connectivity index (χ3v) is 30.6. The minimum atomic E-state index is 0.748. The SMILES string of the molecule is Cc1cc(-n2c3ccccc3c3cc(-c4c(-n5c6ccccc6c6ccccc65)ccc5c4oc4ccccc45)ccc32)c2cccnc2n1.c1cc(-n2c3ccccc3c3cc(-c4c(-n5c6ccccc6c6ccccc65)ccc5c4oc4ccccc45)ccc32)c2cccnc2c1.c1cc(-n2c3ccccc3c3ccc(-c4c(-n5c6ccccc6c6ccccc65)ccc5c4oc4ccccc45)cc32)c2ccncc2c1. The molecule has 0 saturated heterocycles. The standard InChI is InChI=1S/C45H28N4O.2C45H27N3O/c1-27-25-41(34-15-10-24-46-45(34)47-27)49-38-18-8-4-13-31(38)35-26-28(20-22-39(35)49)43-40(23-21-33-32-14-5-9-19-42(32)50-44(33)43)48-36-16-6-2-11-29(36)30-12-3-7-17-37(30)48;1-5-17-37-29(11-1)30-12-2-6-18-38(30)48(37)42-25-23-33-32-14-4-8-21-43(32)49-45(33)44(42)28-22-24-41-35(27-28)31-13-3-7-19-39(31)47(41)40-20-9-16-36-34(40)15-10-26-46-36;1-5-15-38-31(11-1)32-12-2-6-16-39(32)47(38)41-23-22-36-35-14-4-8-19-43(35)49-45(36)44(41)28-20-21-34-33-13-3-7-17-40(33)48(42(34)26-28)37-18-9-10-29-27-46-25-24-30(29)37/h2-26H,1H3;2*1-27H. The van der Waals surface area contributed by atoms with Gasteiger partial charge in [-0.15, -0.1) is 0 Å². The highest BCUT2D eigenvalue weighted by Gasteiger charge is 2.30. The molecule has 13 heteroatoms. The lowest BCUT2D eigenvalue weighted by molar-refractivity contribution is 0.669. The van der Waals surface area contributed by atoms with Crippen molar-refractivity contribution in [1.29, 1.82) is 0 Å². The number of aryl methyl sites for hydroxylation is 1. The molecular weight excluding hydrogens is 1810 g/mol. The topological polar surface area (TPSA) is 121 Å². The number of hydrogen-bond donors (Lipinski definition) is 0. The van der Waals surface area contributed by atoms with Crippen LogP contribution in [-0.4, -0.2) is 47.3 Å². The lowest BCUT2D eigenvalue weighted by Crippen LogP contribution is -1.99. The number of rotatable bonds is 9. The number of hydrogen-bond acceptors (Lipinski definition) is 7. The Morgan fingerprint density at radius 2 is 0.500 bits per heavy atom. The maximum absolute atomic E-state index is 6.82. The molecule has 13 heterocycles. The zero-order chi connectivity index (χ0) is 97.0. The molecule has 13 nitrogen and oxygen atoms in total. The van der Waals surface area contributed by atoms with Crippen LogP contribution >= 0.6 is 0 Å². The first-order valence-electron chi connectivity index (χ1n) is 50.2. The summed E-state index contributed by atoms with van der Waals surface area (Å²) in [5.41, 5.74) is 35.0. The smallest absolute Gasteiger partial charge is 0.161 e. The van der Waals surface area contributed by atoms with E-state index in [1.165, 1.54) is 92.2 Å². The molecule has 0 unspecified atom stereocenters. The Kier molecular flexibility index (Phi) is 18.2. The molecule has 0 aliphatic carbocycles. The predicted molar refractivity (Wildman–Crippen MR) is 612 cm³/mol. The van der Waals surface area contributed by atoms with Crippen molar-refractivity contribution in [3.8, 4) is 67.5 Å². The van der Waals surface area contributed by atoms with Gasteiger partial charge in [0, 0.05) is 166 Å². The molecule has 148 heavy (non-hydrogen) atoms. The lowest BCUT2D eigenvalue weighted by atomic mass is 9.98. The van der Waals surface area contributed by atoms with E-state index in [0.29, 0.717) is 0 Å². The molecule has 33 aromatic rings. The van der Waals surface area contributed by atoms with Crippen molar-refractivity contribution in [3.63, 3.8) is 0 Å². The summed E-state index contributed by atoms with van der Waals surface area (Å²) >= 11 is 0. The average Bonchev–Trinajstić information content (AvgIpc) is 1.56. The number of nitrogens with zero attached hydrogens (tertiary/aromatic N) is 10. The van der Waals surface area contributed by atoms with E-state index in [0.717, 1.165) is 210 Å². The van der Waals surface area contributed by atoms with E-state index in [1.807, 2.05) is 62.0 Å². The van der Waals surface area contributed by atoms with Crippen molar-refractivity contribution in [2.75, 3.05) is 0 Å². The third-order valence-electron chi connectivity index (χ3n) is 30.6. The first-order valence-corrected chi connectivity index (χ1v) is 50.2. The molecule has 33 rings (SSSR count). The second-order valence-electron chi connectivity index (χ2n) is 38.5. The summed E-state index contributed by atoms with van der Waals surface area (Å²) in [6.45, 7) is 2.04. The van der Waals surface area contributed by atoms with Gasteiger partial charge in [-0.1, -0.05) is 261 Å². The summed E-state index contributed by atoms with van der Waals surface area (Å²) in [6, 6.07) is 163. The third kappa shape index (κ3) is 12.4. The van der Waals surface area contributed by atoms with Gasteiger partial charge in [-0.05, 0) is 218 Å². The molecule has 0 radical (unpaired) electrons. The summed E-state index contributed by atoms with van der Waals surface area (Å²) in [6.07, 6.45) is 7.49. The van der Waals surface area contributed by atoms with E-state index in [2.05, 4.69) is 467 Å². The number of aromatic nitrogens is 10. The Bertz CT molecular complexity index is 11300. The number of furan rings is 3. The van der Waals surface area contributed by atoms with E-state index < -0.39 is 0 Å². The largest absolute Gasteiger partial charge is 0.455 e. The Morgan fingerprint density at radius 1 is 0.189 bits per heavy atom. The van der Waals surface area contributed by atoms with Gasteiger partial charge in [0.2, 0.25) is 0 Å². The van der Waals surface area contributed by atoms with Crippen LogP contribution in [0.4, 0.5) is 0 Å². The summed E-state index contributed by atoms with van der Waals surface area (Å²) in [4.78, 5) is 18.4. The molecule has 0 bridgehead atoms. The second kappa shape index (κ2) is 32.5. The van der Waals surface area contributed by atoms with Crippen molar-refractivity contribution in [2.45, 2.75) is 6.92 Å². The highest BCUT2D eigenvalue weighted by Crippen LogP contribution is 2.52. The van der Waals surface area contributed by atoms with Crippen LogP contribution in [0.5, 0.6) is 0 Å². The molecule has 0 aliphatic heterocycles. The van der Waals surface area contributed by atoms with Crippen molar-refractivity contribution in [2.24, 2.45) is 0 Å². The number of para-hydroxylation sites is 12. The normalized spacial score (nSPS) is 12.1. The number of benzene rings is 20. The fraction of sp³-hybridized carbons (Fsp3) is 0.00741. The van der Waals surface area contributed by atoms with Gasteiger partial charge in [0.25, 0.3) is 0 Å². The quantitative estimate of drug-likeness (QED) is 0.141. The molecule has 690 valence electrons. The first-order chi connectivity index (χ1) is 73.4. The second-order valence-corrected chi connectivity index (χ2v) is 38.5. The summed E-state index contributed by atoms with van der Waals surface area (Å²) in [5, 5.41) is 25.7. The van der Waals surface area contributed by atoms with Crippen LogP contribution < -0.4 is 0 Å². The van der Waals surface area contributed by atoms with Crippen LogP contribution in [0, 0.1) is 6.92 Å². The Morgan fingerprint density at radius 3 is 0.926 bits per heavy atom. The maximum atomic E-state index is 6.82. The molecule has 20 aromatic carbocycles. The van der Waals surface area contributed by atoms with Crippen LogP contribution in [0.15, 0.2) is 493 Å². The van der Waals surface area contributed by atoms with Crippen LogP contribution in [0.1, 0.15) is 5.69 Å². The van der Waals surface area contributed by atoms with E-state index in [-0.39, 0.29) is 0 Å². The van der Waals surface area contributed by atoms with Crippen molar-refractivity contribution in [3.05, 3.63) is 485 Å². The maximum Gasteiger partial charge on any atom is 0.161 e. The monoisotopic (exact) mass is 1890 g/mol. The van der Waals surface area contributed by atoms with Crippen molar-refractivity contribution < 1.29 is 13.3 Å².